The van der Waals surface area contributed by atoms with Crippen molar-refractivity contribution in [3.63, 3.8) is 0 Å². The third-order valence-electron chi connectivity index (χ3n) is 2.73. The lowest BCUT2D eigenvalue weighted by Gasteiger charge is -2.18. The molecule has 0 spiro atoms. The van der Waals surface area contributed by atoms with Crippen molar-refractivity contribution in [3.8, 4) is 0 Å². The first kappa shape index (κ1) is 14.3. The molecule has 2 aromatic carbocycles. The fraction of sp³-hybridized carbons (Fsp3) is 0.133. The third-order valence-corrected chi connectivity index (χ3v) is 2.97. The van der Waals surface area contributed by atoms with Crippen LogP contribution in [0.15, 0.2) is 48.5 Å². The smallest absolute Gasteiger partial charge is 0.321 e. The molecule has 20 heavy (non-hydrogen) atoms. The van der Waals surface area contributed by atoms with Gasteiger partial charge in [-0.3, -0.25) is 0 Å². The number of urea groups is 1. The normalized spacial score (nSPS) is 10.2. The summed E-state index contributed by atoms with van der Waals surface area (Å²) in [5.74, 6) is -0.314. The molecule has 3 nitrogen and oxygen atoms in total. The van der Waals surface area contributed by atoms with Crippen LogP contribution in [0.1, 0.15) is 5.56 Å². The molecule has 0 heterocycles. The molecule has 0 radical (unpaired) electrons. The Kier molecular flexibility index (Phi) is 4.58. The lowest BCUT2D eigenvalue weighted by Crippen LogP contribution is -2.30. The van der Waals surface area contributed by atoms with Crippen molar-refractivity contribution in [2.75, 3.05) is 12.4 Å². The Morgan fingerprint density at radius 1 is 1.25 bits per heavy atom. The van der Waals surface area contributed by atoms with Gasteiger partial charge in [0.2, 0.25) is 0 Å². The molecule has 0 aliphatic rings. The molecule has 0 aliphatic heterocycles. The van der Waals surface area contributed by atoms with Crippen molar-refractivity contribution in [1.29, 1.82) is 0 Å². The fourth-order valence-electron chi connectivity index (χ4n) is 1.77. The molecule has 0 aromatic heterocycles. The van der Waals surface area contributed by atoms with Crippen LogP contribution in [0.3, 0.4) is 0 Å². The topological polar surface area (TPSA) is 32.3 Å². The number of anilines is 1. The van der Waals surface area contributed by atoms with Gasteiger partial charge in [-0.05, 0) is 35.9 Å². The highest BCUT2D eigenvalue weighted by atomic mass is 35.5. The van der Waals surface area contributed by atoms with Crippen molar-refractivity contribution >= 4 is 23.3 Å². The molecular weight excluding hydrogens is 279 g/mol. The predicted molar refractivity (Wildman–Crippen MR) is 78.3 cm³/mol. The molecule has 1 N–H and O–H groups in total. The summed E-state index contributed by atoms with van der Waals surface area (Å²) in [6.07, 6.45) is 0. The van der Waals surface area contributed by atoms with Crippen molar-refractivity contribution in [3.05, 3.63) is 64.9 Å². The van der Waals surface area contributed by atoms with Crippen LogP contribution in [0.25, 0.3) is 0 Å². The molecule has 0 saturated carbocycles. The van der Waals surface area contributed by atoms with Gasteiger partial charge in [-0.25, -0.2) is 9.18 Å². The SMILES string of the molecule is CN(Cc1cccc(F)c1)C(=O)Nc1cccc(Cl)c1. The van der Waals surface area contributed by atoms with Crippen LogP contribution in [-0.4, -0.2) is 18.0 Å². The molecule has 5 heteroatoms. The summed E-state index contributed by atoms with van der Waals surface area (Å²) in [6, 6.07) is 12.8. The van der Waals surface area contributed by atoms with E-state index in [1.807, 2.05) is 0 Å². The minimum atomic E-state index is -0.314. The van der Waals surface area contributed by atoms with Crippen LogP contribution >= 0.6 is 11.6 Å². The zero-order valence-electron chi connectivity index (χ0n) is 10.9. The van der Waals surface area contributed by atoms with Gasteiger partial charge in [0.1, 0.15) is 5.82 Å². The second kappa shape index (κ2) is 6.39. The minimum absolute atomic E-state index is 0.281. The minimum Gasteiger partial charge on any atom is -0.323 e. The molecule has 2 amide bonds. The fourth-order valence-corrected chi connectivity index (χ4v) is 1.96. The number of rotatable bonds is 3. The number of amides is 2. The lowest BCUT2D eigenvalue weighted by molar-refractivity contribution is 0.220. The standard InChI is InChI=1S/C15H14ClFN2O/c1-19(10-11-4-2-6-13(17)8-11)15(20)18-14-7-3-5-12(16)9-14/h2-9H,10H2,1H3,(H,18,20). The maximum absolute atomic E-state index is 13.1. The van der Waals surface area contributed by atoms with Gasteiger partial charge in [0.05, 0.1) is 0 Å². The van der Waals surface area contributed by atoms with E-state index in [1.54, 1.807) is 43.4 Å². The molecule has 0 atom stereocenters. The number of carbonyl (C=O) groups excluding carboxylic acids is 1. The van der Waals surface area contributed by atoms with Crippen molar-refractivity contribution in [1.82, 2.24) is 4.90 Å². The van der Waals surface area contributed by atoms with Crippen LogP contribution < -0.4 is 5.32 Å². The number of hydrogen-bond donors (Lipinski definition) is 1. The van der Waals surface area contributed by atoms with E-state index in [-0.39, 0.29) is 11.8 Å². The van der Waals surface area contributed by atoms with Gasteiger partial charge >= 0.3 is 6.03 Å². The number of halogens is 2. The molecule has 0 fully saturated rings. The number of hydrogen-bond acceptors (Lipinski definition) is 1. The molecule has 0 unspecified atom stereocenters. The predicted octanol–water partition coefficient (Wildman–Crippen LogP) is 4.14. The van der Waals surface area contributed by atoms with Crippen LogP contribution in [-0.2, 0) is 6.54 Å². The Morgan fingerprint density at radius 3 is 2.70 bits per heavy atom. The van der Waals surface area contributed by atoms with Gasteiger partial charge in [0, 0.05) is 24.3 Å². The summed E-state index contributed by atoms with van der Waals surface area (Å²) in [4.78, 5) is 13.5. The summed E-state index contributed by atoms with van der Waals surface area (Å²) in [5.41, 5.74) is 1.35. The van der Waals surface area contributed by atoms with Gasteiger partial charge in [-0.15, -0.1) is 0 Å². The van der Waals surface area contributed by atoms with Gasteiger partial charge < -0.3 is 10.2 Å². The second-order valence-corrected chi connectivity index (χ2v) is 4.86. The largest absolute Gasteiger partial charge is 0.323 e. The van der Waals surface area contributed by atoms with Crippen molar-refractivity contribution < 1.29 is 9.18 Å². The van der Waals surface area contributed by atoms with Crippen LogP contribution in [0.5, 0.6) is 0 Å². The molecular formula is C15H14ClFN2O. The highest BCUT2D eigenvalue weighted by Crippen LogP contribution is 2.15. The summed E-state index contributed by atoms with van der Waals surface area (Å²) < 4.78 is 13.1. The van der Waals surface area contributed by atoms with E-state index in [0.717, 1.165) is 5.56 Å². The van der Waals surface area contributed by atoms with Gasteiger partial charge in [0.15, 0.2) is 0 Å². The van der Waals surface area contributed by atoms with E-state index < -0.39 is 0 Å². The Balaban J connectivity index is 1.98. The zero-order valence-corrected chi connectivity index (χ0v) is 11.7. The number of carbonyl (C=O) groups is 1. The number of nitrogens with zero attached hydrogens (tertiary/aromatic N) is 1. The van der Waals surface area contributed by atoms with E-state index in [1.165, 1.54) is 17.0 Å². The van der Waals surface area contributed by atoms with Gasteiger partial charge in [0.25, 0.3) is 0 Å². The number of benzene rings is 2. The lowest BCUT2D eigenvalue weighted by atomic mass is 10.2. The van der Waals surface area contributed by atoms with Crippen molar-refractivity contribution in [2.24, 2.45) is 0 Å². The first-order chi connectivity index (χ1) is 9.54. The highest BCUT2D eigenvalue weighted by molar-refractivity contribution is 6.30. The Bertz CT molecular complexity index is 618. The molecule has 0 bridgehead atoms. The quantitative estimate of drug-likeness (QED) is 0.906. The molecule has 104 valence electrons. The second-order valence-electron chi connectivity index (χ2n) is 4.43. The molecule has 2 rings (SSSR count). The summed E-state index contributed by atoms with van der Waals surface area (Å²) in [5, 5.41) is 3.28. The third kappa shape index (κ3) is 3.96. The monoisotopic (exact) mass is 292 g/mol. The van der Waals surface area contributed by atoms with Gasteiger partial charge in [-0.2, -0.15) is 0 Å². The van der Waals surface area contributed by atoms with Crippen LogP contribution in [0, 0.1) is 5.82 Å². The molecule has 0 aliphatic carbocycles. The maximum Gasteiger partial charge on any atom is 0.321 e. The Hall–Kier alpha value is -2.07. The van der Waals surface area contributed by atoms with Crippen molar-refractivity contribution in [2.45, 2.75) is 6.54 Å². The zero-order chi connectivity index (χ0) is 14.5. The maximum atomic E-state index is 13.1. The average Bonchev–Trinajstić information content (AvgIpc) is 2.38. The van der Waals surface area contributed by atoms with E-state index in [2.05, 4.69) is 5.32 Å². The summed E-state index contributed by atoms with van der Waals surface area (Å²) >= 11 is 5.85. The number of nitrogens with one attached hydrogen (secondary N) is 1. The molecule has 2 aromatic rings. The van der Waals surface area contributed by atoms with E-state index in [9.17, 15) is 9.18 Å². The van der Waals surface area contributed by atoms with Gasteiger partial charge in [-0.1, -0.05) is 29.8 Å². The highest BCUT2D eigenvalue weighted by Gasteiger charge is 2.09. The Morgan fingerprint density at radius 2 is 2.00 bits per heavy atom. The first-order valence-corrected chi connectivity index (χ1v) is 6.44. The first-order valence-electron chi connectivity index (χ1n) is 6.07. The summed E-state index contributed by atoms with van der Waals surface area (Å²) in [7, 11) is 1.64. The average molecular weight is 293 g/mol. The summed E-state index contributed by atoms with van der Waals surface area (Å²) in [6.45, 7) is 0.324. The van der Waals surface area contributed by atoms with E-state index in [0.29, 0.717) is 17.3 Å². The Labute approximate surface area is 122 Å². The van der Waals surface area contributed by atoms with E-state index in [4.69, 9.17) is 11.6 Å². The van der Waals surface area contributed by atoms with Crippen LogP contribution in [0.4, 0.5) is 14.9 Å². The molecule has 0 saturated heterocycles. The van der Waals surface area contributed by atoms with E-state index >= 15 is 0 Å². The van der Waals surface area contributed by atoms with Crippen LogP contribution in [0.2, 0.25) is 5.02 Å².